The predicted molar refractivity (Wildman–Crippen MR) is 106 cm³/mol. The third-order valence-electron chi connectivity index (χ3n) is 4.21. The lowest BCUT2D eigenvalue weighted by Gasteiger charge is -2.17. The molecular formula is C19H27N3O5S. The molecule has 1 atom stereocenters. The number of amides is 1. The monoisotopic (exact) mass is 409 g/mol. The number of sulfonamides is 1. The van der Waals surface area contributed by atoms with Crippen molar-refractivity contribution in [2.24, 2.45) is 7.05 Å². The molecule has 0 saturated heterocycles. The first-order valence-electron chi connectivity index (χ1n) is 9.03. The van der Waals surface area contributed by atoms with Gasteiger partial charge in [-0.15, -0.1) is 0 Å². The van der Waals surface area contributed by atoms with E-state index in [9.17, 15) is 13.2 Å². The molecule has 0 spiro atoms. The van der Waals surface area contributed by atoms with Crippen LogP contribution in [-0.4, -0.2) is 39.2 Å². The molecule has 1 aromatic carbocycles. The van der Waals surface area contributed by atoms with Crippen LogP contribution in [0.3, 0.4) is 0 Å². The maximum atomic E-state index is 12.7. The van der Waals surface area contributed by atoms with Gasteiger partial charge in [0, 0.05) is 13.2 Å². The lowest BCUT2D eigenvalue weighted by molar-refractivity contribution is 0.0931. The van der Waals surface area contributed by atoms with Crippen molar-refractivity contribution in [3.05, 3.63) is 41.7 Å². The lowest BCUT2D eigenvalue weighted by atomic mass is 10.1. The summed E-state index contributed by atoms with van der Waals surface area (Å²) in [7, 11) is -0.669. The molecule has 0 bridgehead atoms. The first-order chi connectivity index (χ1) is 13.2. The fraction of sp³-hybridized carbons (Fsp3) is 0.421. The highest BCUT2D eigenvalue weighted by atomic mass is 32.2. The number of carbonyl (C=O) groups is 1. The third-order valence-corrected chi connectivity index (χ3v) is 5.59. The molecule has 28 heavy (non-hydrogen) atoms. The van der Waals surface area contributed by atoms with Crippen molar-refractivity contribution in [3.8, 4) is 11.5 Å². The van der Waals surface area contributed by atoms with Crippen LogP contribution in [0.5, 0.6) is 11.5 Å². The molecule has 0 aliphatic heterocycles. The van der Waals surface area contributed by atoms with Gasteiger partial charge < -0.3 is 19.4 Å². The number of carbonyl (C=O) groups excluding carboxylic acids is 1. The van der Waals surface area contributed by atoms with Crippen molar-refractivity contribution in [2.45, 2.75) is 31.7 Å². The van der Waals surface area contributed by atoms with Crippen LogP contribution in [0.25, 0.3) is 0 Å². The molecule has 154 valence electrons. The summed E-state index contributed by atoms with van der Waals surface area (Å²) in [6.07, 6.45) is 1.40. The summed E-state index contributed by atoms with van der Waals surface area (Å²) in [5.74, 6) is 0.889. The fourth-order valence-corrected chi connectivity index (χ4v) is 3.52. The Hall–Kier alpha value is -2.52. The Labute approximate surface area is 165 Å². The Morgan fingerprint density at radius 1 is 1.14 bits per heavy atom. The Morgan fingerprint density at radius 2 is 1.79 bits per heavy atom. The summed E-state index contributed by atoms with van der Waals surface area (Å²) in [5.41, 5.74) is 1.09. The van der Waals surface area contributed by atoms with Crippen LogP contribution < -0.4 is 19.5 Å². The molecule has 9 heteroatoms. The molecule has 0 aliphatic carbocycles. The third kappa shape index (κ3) is 4.85. The number of aromatic nitrogens is 1. The lowest BCUT2D eigenvalue weighted by Crippen LogP contribution is -2.28. The molecule has 0 radical (unpaired) electrons. The summed E-state index contributed by atoms with van der Waals surface area (Å²) in [6, 6.07) is 6.54. The maximum Gasteiger partial charge on any atom is 0.268 e. The smallest absolute Gasteiger partial charge is 0.268 e. The first kappa shape index (κ1) is 21.8. The minimum absolute atomic E-state index is 0.0370. The van der Waals surface area contributed by atoms with Crippen molar-refractivity contribution >= 4 is 15.9 Å². The molecule has 1 amide bonds. The second-order valence-electron chi connectivity index (χ2n) is 6.15. The van der Waals surface area contributed by atoms with Gasteiger partial charge in [0.05, 0.1) is 19.3 Å². The standard InChI is InChI=1S/C19H27N3O5S/c1-6-26-17-9-8-14(10-18(17)27-7-2)13(3)21-19(23)16-11-15(12-22(16)5)28(24,25)20-4/h8-13,20H,6-7H2,1-5H3,(H,21,23). The Bertz CT molecular complexity index is 937. The van der Waals surface area contributed by atoms with Gasteiger partial charge in [0.25, 0.3) is 5.91 Å². The highest BCUT2D eigenvalue weighted by Gasteiger charge is 2.21. The van der Waals surface area contributed by atoms with Gasteiger partial charge in [0.2, 0.25) is 10.0 Å². The van der Waals surface area contributed by atoms with E-state index in [2.05, 4.69) is 10.0 Å². The molecular weight excluding hydrogens is 382 g/mol. The molecule has 2 rings (SSSR count). The fourth-order valence-electron chi connectivity index (χ4n) is 2.72. The number of aryl methyl sites for hydroxylation is 1. The second-order valence-corrected chi connectivity index (χ2v) is 8.03. The summed E-state index contributed by atoms with van der Waals surface area (Å²) >= 11 is 0. The quantitative estimate of drug-likeness (QED) is 0.662. The van der Waals surface area contributed by atoms with E-state index < -0.39 is 10.0 Å². The summed E-state index contributed by atoms with van der Waals surface area (Å²) < 4.78 is 38.8. The van der Waals surface area contributed by atoms with E-state index in [-0.39, 0.29) is 22.5 Å². The average Bonchev–Trinajstić information content (AvgIpc) is 3.06. The first-order valence-corrected chi connectivity index (χ1v) is 10.5. The molecule has 1 heterocycles. The van der Waals surface area contributed by atoms with E-state index in [1.165, 1.54) is 23.9 Å². The Balaban J connectivity index is 2.22. The predicted octanol–water partition coefficient (Wildman–Crippen LogP) is 2.22. The summed E-state index contributed by atoms with van der Waals surface area (Å²) in [5, 5.41) is 2.89. The zero-order valence-corrected chi connectivity index (χ0v) is 17.6. The zero-order valence-electron chi connectivity index (χ0n) is 16.8. The van der Waals surface area contributed by atoms with E-state index in [0.29, 0.717) is 24.7 Å². The van der Waals surface area contributed by atoms with Gasteiger partial charge >= 0.3 is 0 Å². The number of ether oxygens (including phenoxy) is 2. The van der Waals surface area contributed by atoms with Gasteiger partial charge in [-0.2, -0.15) is 0 Å². The van der Waals surface area contributed by atoms with Gasteiger partial charge in [0.1, 0.15) is 10.6 Å². The molecule has 2 N–H and O–H groups in total. The van der Waals surface area contributed by atoms with Crippen LogP contribution in [-0.2, 0) is 17.1 Å². The van der Waals surface area contributed by atoms with Crippen LogP contribution in [0.15, 0.2) is 35.4 Å². The van der Waals surface area contributed by atoms with Crippen LogP contribution in [0.1, 0.15) is 42.9 Å². The highest BCUT2D eigenvalue weighted by molar-refractivity contribution is 7.89. The van der Waals surface area contributed by atoms with Gasteiger partial charge in [-0.3, -0.25) is 4.79 Å². The van der Waals surface area contributed by atoms with Gasteiger partial charge in [-0.05, 0) is 51.6 Å². The van der Waals surface area contributed by atoms with E-state index in [4.69, 9.17) is 9.47 Å². The molecule has 0 fully saturated rings. The van der Waals surface area contributed by atoms with Gasteiger partial charge in [-0.1, -0.05) is 6.07 Å². The van der Waals surface area contributed by atoms with E-state index in [1.54, 1.807) is 7.05 Å². The molecule has 1 unspecified atom stereocenters. The number of rotatable bonds is 9. The highest BCUT2D eigenvalue weighted by Crippen LogP contribution is 2.30. The topological polar surface area (TPSA) is 98.7 Å². The van der Waals surface area contributed by atoms with Crippen LogP contribution in [0.2, 0.25) is 0 Å². The van der Waals surface area contributed by atoms with E-state index >= 15 is 0 Å². The number of hydrogen-bond donors (Lipinski definition) is 2. The van der Waals surface area contributed by atoms with E-state index in [0.717, 1.165) is 5.56 Å². The van der Waals surface area contributed by atoms with Crippen molar-refractivity contribution in [1.82, 2.24) is 14.6 Å². The Morgan fingerprint density at radius 3 is 2.39 bits per heavy atom. The van der Waals surface area contributed by atoms with E-state index in [1.807, 2.05) is 39.0 Å². The SMILES string of the molecule is CCOc1ccc(C(C)NC(=O)c2cc(S(=O)(=O)NC)cn2C)cc1OCC. The summed E-state index contributed by atoms with van der Waals surface area (Å²) in [6.45, 7) is 6.65. The maximum absolute atomic E-state index is 12.7. The van der Waals surface area contributed by atoms with Gasteiger partial charge in [0.15, 0.2) is 11.5 Å². The summed E-state index contributed by atoms with van der Waals surface area (Å²) in [4.78, 5) is 12.7. The van der Waals surface area contributed by atoms with Crippen molar-refractivity contribution in [3.63, 3.8) is 0 Å². The molecule has 8 nitrogen and oxygen atoms in total. The Kier molecular flexibility index (Phi) is 7.09. The van der Waals surface area contributed by atoms with Gasteiger partial charge in [-0.25, -0.2) is 13.1 Å². The van der Waals surface area contributed by atoms with Crippen molar-refractivity contribution < 1.29 is 22.7 Å². The largest absolute Gasteiger partial charge is 0.490 e. The normalized spacial score (nSPS) is 12.5. The molecule has 1 aromatic heterocycles. The van der Waals surface area contributed by atoms with Crippen LogP contribution >= 0.6 is 0 Å². The minimum atomic E-state index is -3.62. The zero-order chi connectivity index (χ0) is 20.9. The minimum Gasteiger partial charge on any atom is -0.490 e. The van der Waals surface area contributed by atoms with Crippen molar-refractivity contribution in [2.75, 3.05) is 20.3 Å². The van der Waals surface area contributed by atoms with Crippen LogP contribution in [0, 0.1) is 0 Å². The van der Waals surface area contributed by atoms with Crippen LogP contribution in [0.4, 0.5) is 0 Å². The molecule has 2 aromatic rings. The average molecular weight is 410 g/mol. The molecule has 0 saturated carbocycles. The number of benzene rings is 1. The number of nitrogens with one attached hydrogen (secondary N) is 2. The number of hydrogen-bond acceptors (Lipinski definition) is 5. The molecule has 0 aliphatic rings. The number of nitrogens with zero attached hydrogens (tertiary/aromatic N) is 1. The second kappa shape index (κ2) is 9.11. The van der Waals surface area contributed by atoms with Crippen molar-refractivity contribution in [1.29, 1.82) is 0 Å².